The SMILES string of the molecule is CC(=O)Oc1ccc(OC(=O)c2ccccc2O)cc1C(=O)O. The number of phenols is 1. The van der Waals surface area contributed by atoms with Gasteiger partial charge in [-0.05, 0) is 30.3 Å². The maximum absolute atomic E-state index is 12.0. The van der Waals surface area contributed by atoms with Crippen LogP contribution < -0.4 is 9.47 Å². The van der Waals surface area contributed by atoms with E-state index in [2.05, 4.69) is 0 Å². The molecule has 0 aliphatic heterocycles. The Labute approximate surface area is 130 Å². The van der Waals surface area contributed by atoms with Gasteiger partial charge in [-0.1, -0.05) is 12.1 Å². The largest absolute Gasteiger partial charge is 0.507 e. The average molecular weight is 316 g/mol. The van der Waals surface area contributed by atoms with Gasteiger partial charge in [-0.25, -0.2) is 9.59 Å². The second-order valence-electron chi connectivity index (χ2n) is 4.46. The van der Waals surface area contributed by atoms with Gasteiger partial charge in [0.15, 0.2) is 0 Å². The van der Waals surface area contributed by atoms with Gasteiger partial charge in [-0.3, -0.25) is 4.79 Å². The van der Waals surface area contributed by atoms with Crippen molar-refractivity contribution in [2.75, 3.05) is 0 Å². The van der Waals surface area contributed by atoms with Crippen LogP contribution in [0.1, 0.15) is 27.6 Å². The Morgan fingerprint density at radius 2 is 1.65 bits per heavy atom. The molecule has 0 amide bonds. The van der Waals surface area contributed by atoms with E-state index in [0.29, 0.717) is 0 Å². The molecular formula is C16H12O7. The zero-order chi connectivity index (χ0) is 17.0. The lowest BCUT2D eigenvalue weighted by molar-refractivity contribution is -0.131. The van der Waals surface area contributed by atoms with Crippen LogP contribution in [0, 0.1) is 0 Å². The topological polar surface area (TPSA) is 110 Å². The first-order valence-electron chi connectivity index (χ1n) is 6.44. The number of rotatable bonds is 4. The molecule has 0 saturated carbocycles. The molecule has 0 aromatic heterocycles. The van der Waals surface area contributed by atoms with Crippen molar-refractivity contribution in [3.8, 4) is 17.2 Å². The van der Waals surface area contributed by atoms with Crippen molar-refractivity contribution in [3.63, 3.8) is 0 Å². The predicted molar refractivity (Wildman–Crippen MR) is 77.8 cm³/mol. The van der Waals surface area contributed by atoms with E-state index in [1.807, 2.05) is 0 Å². The Morgan fingerprint density at radius 3 is 2.26 bits per heavy atom. The van der Waals surface area contributed by atoms with Crippen molar-refractivity contribution < 1.29 is 34.1 Å². The number of carbonyl (C=O) groups is 3. The number of hydrogen-bond donors (Lipinski definition) is 2. The zero-order valence-corrected chi connectivity index (χ0v) is 12.0. The van der Waals surface area contributed by atoms with Gasteiger partial charge in [0, 0.05) is 6.92 Å². The lowest BCUT2D eigenvalue weighted by atomic mass is 10.2. The fourth-order valence-electron chi connectivity index (χ4n) is 1.79. The lowest BCUT2D eigenvalue weighted by Crippen LogP contribution is -2.11. The molecule has 0 saturated heterocycles. The highest BCUT2D eigenvalue weighted by Crippen LogP contribution is 2.26. The summed E-state index contributed by atoms with van der Waals surface area (Å²) in [6.07, 6.45) is 0. The Balaban J connectivity index is 2.29. The van der Waals surface area contributed by atoms with E-state index in [1.54, 1.807) is 12.1 Å². The van der Waals surface area contributed by atoms with Crippen LogP contribution >= 0.6 is 0 Å². The molecule has 7 nitrogen and oxygen atoms in total. The molecule has 23 heavy (non-hydrogen) atoms. The molecule has 0 bridgehead atoms. The van der Waals surface area contributed by atoms with Crippen LogP contribution in [0.2, 0.25) is 0 Å². The minimum atomic E-state index is -1.35. The maximum atomic E-state index is 12.0. The van der Waals surface area contributed by atoms with Crippen molar-refractivity contribution in [1.29, 1.82) is 0 Å². The van der Waals surface area contributed by atoms with Gasteiger partial charge in [0.25, 0.3) is 0 Å². The molecule has 0 aliphatic carbocycles. The second kappa shape index (κ2) is 6.61. The summed E-state index contributed by atoms with van der Waals surface area (Å²) in [7, 11) is 0. The van der Waals surface area contributed by atoms with Gasteiger partial charge in [-0.15, -0.1) is 0 Å². The molecule has 0 radical (unpaired) electrons. The van der Waals surface area contributed by atoms with Crippen LogP contribution in [0.3, 0.4) is 0 Å². The van der Waals surface area contributed by atoms with Crippen molar-refractivity contribution in [2.45, 2.75) is 6.92 Å². The Bertz CT molecular complexity index is 780. The van der Waals surface area contributed by atoms with Gasteiger partial charge in [0.05, 0.1) is 0 Å². The van der Waals surface area contributed by atoms with Gasteiger partial charge in [0.2, 0.25) is 0 Å². The standard InChI is InChI=1S/C16H12O7/c1-9(17)22-14-7-6-10(8-12(14)15(19)20)23-16(21)11-4-2-3-5-13(11)18/h2-8,18H,1H3,(H,19,20). The summed E-state index contributed by atoms with van der Waals surface area (Å²) in [5.74, 6) is -3.35. The molecule has 0 unspecified atom stereocenters. The number of carboxylic acids is 1. The molecule has 0 heterocycles. The number of phenolic OH excluding ortho intramolecular Hbond substituents is 1. The molecular weight excluding hydrogens is 304 g/mol. The second-order valence-corrected chi connectivity index (χ2v) is 4.46. The van der Waals surface area contributed by atoms with E-state index in [9.17, 15) is 19.5 Å². The van der Waals surface area contributed by atoms with Crippen molar-refractivity contribution >= 4 is 17.9 Å². The zero-order valence-electron chi connectivity index (χ0n) is 12.0. The molecule has 2 aromatic rings. The fourth-order valence-corrected chi connectivity index (χ4v) is 1.79. The first-order chi connectivity index (χ1) is 10.9. The first kappa shape index (κ1) is 16.0. The number of carbonyl (C=O) groups excluding carboxylic acids is 2. The molecule has 0 spiro atoms. The number of aromatic carboxylic acids is 1. The highest BCUT2D eigenvalue weighted by atomic mass is 16.5. The highest BCUT2D eigenvalue weighted by molar-refractivity contribution is 5.95. The predicted octanol–water partition coefficient (Wildman–Crippen LogP) is 2.23. The summed E-state index contributed by atoms with van der Waals surface area (Å²) in [4.78, 5) is 34.1. The number of carboxylic acid groups (broad SMARTS) is 1. The molecule has 118 valence electrons. The number of hydrogen-bond acceptors (Lipinski definition) is 6. The van der Waals surface area contributed by atoms with Gasteiger partial charge < -0.3 is 19.7 Å². The minimum absolute atomic E-state index is 0.0616. The van der Waals surface area contributed by atoms with E-state index in [1.165, 1.54) is 24.3 Å². The van der Waals surface area contributed by atoms with E-state index in [0.717, 1.165) is 13.0 Å². The van der Waals surface area contributed by atoms with E-state index in [-0.39, 0.29) is 28.4 Å². The monoisotopic (exact) mass is 316 g/mol. The van der Waals surface area contributed by atoms with Crippen molar-refractivity contribution in [1.82, 2.24) is 0 Å². The van der Waals surface area contributed by atoms with E-state index < -0.39 is 17.9 Å². The molecule has 2 rings (SSSR count). The molecule has 7 heteroatoms. The van der Waals surface area contributed by atoms with Crippen LogP contribution in [-0.2, 0) is 4.79 Å². The number of benzene rings is 2. The van der Waals surface area contributed by atoms with Crippen LogP contribution in [0.15, 0.2) is 42.5 Å². The van der Waals surface area contributed by atoms with Crippen LogP contribution in [0.25, 0.3) is 0 Å². The molecule has 2 N–H and O–H groups in total. The fraction of sp³-hybridized carbons (Fsp3) is 0.0625. The molecule has 0 atom stereocenters. The molecule has 2 aromatic carbocycles. The van der Waals surface area contributed by atoms with E-state index in [4.69, 9.17) is 14.6 Å². The summed E-state index contributed by atoms with van der Waals surface area (Å²) in [5, 5.41) is 18.7. The number of esters is 2. The van der Waals surface area contributed by atoms with Crippen LogP contribution in [0.4, 0.5) is 0 Å². The Kier molecular flexibility index (Phi) is 4.61. The van der Waals surface area contributed by atoms with Crippen LogP contribution in [-0.4, -0.2) is 28.1 Å². The lowest BCUT2D eigenvalue weighted by Gasteiger charge is -2.09. The minimum Gasteiger partial charge on any atom is -0.507 e. The average Bonchev–Trinajstić information content (AvgIpc) is 2.48. The quantitative estimate of drug-likeness (QED) is 0.657. The van der Waals surface area contributed by atoms with Crippen molar-refractivity contribution in [2.24, 2.45) is 0 Å². The maximum Gasteiger partial charge on any atom is 0.347 e. The summed E-state index contributed by atoms with van der Waals surface area (Å²) < 4.78 is 9.80. The normalized spacial score (nSPS) is 9.96. The number of para-hydroxylation sites is 1. The third kappa shape index (κ3) is 3.85. The van der Waals surface area contributed by atoms with Gasteiger partial charge in [0.1, 0.15) is 28.4 Å². The van der Waals surface area contributed by atoms with Gasteiger partial charge >= 0.3 is 17.9 Å². The molecule has 0 fully saturated rings. The van der Waals surface area contributed by atoms with Crippen molar-refractivity contribution in [3.05, 3.63) is 53.6 Å². The Morgan fingerprint density at radius 1 is 0.957 bits per heavy atom. The van der Waals surface area contributed by atoms with Gasteiger partial charge in [-0.2, -0.15) is 0 Å². The highest BCUT2D eigenvalue weighted by Gasteiger charge is 2.17. The smallest absolute Gasteiger partial charge is 0.347 e. The van der Waals surface area contributed by atoms with Crippen LogP contribution in [0.5, 0.6) is 17.2 Å². The Hall–Kier alpha value is -3.35. The summed E-state index contributed by atoms with van der Waals surface area (Å²) >= 11 is 0. The summed E-state index contributed by atoms with van der Waals surface area (Å²) in [6, 6.07) is 9.32. The molecule has 0 aliphatic rings. The number of ether oxygens (including phenoxy) is 2. The third-order valence-corrected chi connectivity index (χ3v) is 2.77. The first-order valence-corrected chi connectivity index (χ1v) is 6.44. The summed E-state index contributed by atoms with van der Waals surface area (Å²) in [5.41, 5.74) is -0.392. The summed E-state index contributed by atoms with van der Waals surface area (Å²) in [6.45, 7) is 1.14. The number of aromatic hydroxyl groups is 1. The third-order valence-electron chi connectivity index (χ3n) is 2.77. The van der Waals surface area contributed by atoms with E-state index >= 15 is 0 Å².